The highest BCUT2D eigenvalue weighted by molar-refractivity contribution is 7.90. The normalized spacial score (nSPS) is 13.8. The number of nitrogens with two attached hydrogens (primary N) is 1. The number of aromatic nitrogens is 1. The van der Waals surface area contributed by atoms with E-state index in [9.17, 15) is 8.42 Å². The van der Waals surface area contributed by atoms with E-state index in [1.54, 1.807) is 6.20 Å². The van der Waals surface area contributed by atoms with E-state index in [0.717, 1.165) is 11.3 Å². The second kappa shape index (κ2) is 4.72. The number of nitrogens with zero attached hydrogens (tertiary/aromatic N) is 1. The van der Waals surface area contributed by atoms with Crippen molar-refractivity contribution in [2.75, 3.05) is 12.0 Å². The van der Waals surface area contributed by atoms with Gasteiger partial charge < -0.3 is 5.73 Å². The average molecular weight is 228 g/mol. The predicted octanol–water partition coefficient (Wildman–Crippen LogP) is 0.825. The molecule has 1 unspecified atom stereocenters. The molecule has 15 heavy (non-hydrogen) atoms. The van der Waals surface area contributed by atoms with Crippen molar-refractivity contribution in [3.63, 3.8) is 0 Å². The number of rotatable bonds is 4. The largest absolute Gasteiger partial charge is 0.323 e. The van der Waals surface area contributed by atoms with Crippen molar-refractivity contribution in [2.24, 2.45) is 5.73 Å². The van der Waals surface area contributed by atoms with E-state index in [-0.39, 0.29) is 11.8 Å². The third-order valence-electron chi connectivity index (χ3n) is 2.12. The minimum atomic E-state index is -2.95. The van der Waals surface area contributed by atoms with Gasteiger partial charge in [-0.2, -0.15) is 0 Å². The lowest BCUT2D eigenvalue weighted by Crippen LogP contribution is -2.16. The van der Waals surface area contributed by atoms with Crippen molar-refractivity contribution in [1.29, 1.82) is 0 Å². The molecule has 0 saturated carbocycles. The smallest absolute Gasteiger partial charge is 0.147 e. The predicted molar refractivity (Wildman–Crippen MR) is 60.2 cm³/mol. The second-order valence-electron chi connectivity index (χ2n) is 3.78. The lowest BCUT2D eigenvalue weighted by molar-refractivity contribution is 0.590. The van der Waals surface area contributed by atoms with Crippen LogP contribution in [0.3, 0.4) is 0 Å². The Morgan fingerprint density at radius 2 is 2.20 bits per heavy atom. The maximum Gasteiger partial charge on any atom is 0.147 e. The zero-order chi connectivity index (χ0) is 11.5. The maximum atomic E-state index is 11.0. The summed E-state index contributed by atoms with van der Waals surface area (Å²) in [5, 5.41) is 0. The van der Waals surface area contributed by atoms with Gasteiger partial charge in [0.05, 0.1) is 11.4 Å². The fraction of sp³-hybridized carbons (Fsp3) is 0.500. The molecule has 2 N–H and O–H groups in total. The number of sulfone groups is 1. The van der Waals surface area contributed by atoms with Crippen LogP contribution < -0.4 is 5.73 Å². The van der Waals surface area contributed by atoms with E-state index in [4.69, 9.17) is 5.73 Å². The molecule has 0 amide bonds. The molecule has 1 atom stereocenters. The van der Waals surface area contributed by atoms with Gasteiger partial charge in [-0.25, -0.2) is 8.42 Å². The van der Waals surface area contributed by atoms with Crippen LogP contribution in [0.15, 0.2) is 18.3 Å². The van der Waals surface area contributed by atoms with Gasteiger partial charge in [0, 0.05) is 18.5 Å². The van der Waals surface area contributed by atoms with Crippen molar-refractivity contribution in [3.8, 4) is 0 Å². The van der Waals surface area contributed by atoms with Crippen LogP contribution in [-0.4, -0.2) is 25.4 Å². The highest BCUT2D eigenvalue weighted by Gasteiger charge is 2.11. The summed E-state index contributed by atoms with van der Waals surface area (Å²) < 4.78 is 21.9. The topological polar surface area (TPSA) is 73.0 Å². The van der Waals surface area contributed by atoms with Gasteiger partial charge in [0.25, 0.3) is 0 Å². The van der Waals surface area contributed by atoms with E-state index in [0.29, 0.717) is 6.42 Å². The van der Waals surface area contributed by atoms with Gasteiger partial charge in [0.2, 0.25) is 0 Å². The summed E-state index contributed by atoms with van der Waals surface area (Å²) in [7, 11) is -2.95. The van der Waals surface area contributed by atoms with E-state index in [1.807, 2.05) is 19.1 Å². The molecule has 0 saturated heterocycles. The molecule has 1 aromatic rings. The first-order valence-corrected chi connectivity index (χ1v) is 6.80. The molecule has 5 heteroatoms. The highest BCUT2D eigenvalue weighted by atomic mass is 32.2. The third-order valence-corrected chi connectivity index (χ3v) is 3.09. The molecule has 1 heterocycles. The number of aryl methyl sites for hydroxylation is 1. The van der Waals surface area contributed by atoms with E-state index in [2.05, 4.69) is 4.98 Å². The van der Waals surface area contributed by atoms with Gasteiger partial charge in [-0.15, -0.1) is 0 Å². The zero-order valence-electron chi connectivity index (χ0n) is 8.97. The van der Waals surface area contributed by atoms with Gasteiger partial charge in [-0.05, 0) is 31.0 Å². The van der Waals surface area contributed by atoms with Gasteiger partial charge in [0.1, 0.15) is 9.84 Å². The standard InChI is InChI=1S/C10H16N2O2S/c1-8-3-5-12-10(7-8)9(11)4-6-15(2,13)14/h3,5,7,9H,4,6,11H2,1-2H3. The fourth-order valence-electron chi connectivity index (χ4n) is 1.25. The first-order chi connectivity index (χ1) is 6.88. The van der Waals surface area contributed by atoms with Crippen molar-refractivity contribution in [3.05, 3.63) is 29.6 Å². The Labute approximate surface area is 90.4 Å². The first kappa shape index (κ1) is 12.1. The van der Waals surface area contributed by atoms with Crippen molar-refractivity contribution in [2.45, 2.75) is 19.4 Å². The Bertz CT molecular complexity index is 429. The number of pyridine rings is 1. The van der Waals surface area contributed by atoms with Crippen molar-refractivity contribution >= 4 is 9.84 Å². The summed E-state index contributed by atoms with van der Waals surface area (Å²) >= 11 is 0. The van der Waals surface area contributed by atoms with Crippen LogP contribution in [-0.2, 0) is 9.84 Å². The van der Waals surface area contributed by atoms with Crippen LogP contribution in [0.4, 0.5) is 0 Å². The Balaban J connectivity index is 2.65. The monoisotopic (exact) mass is 228 g/mol. The summed E-state index contributed by atoms with van der Waals surface area (Å²) in [4.78, 5) is 4.12. The van der Waals surface area contributed by atoms with E-state index < -0.39 is 9.84 Å². The minimum Gasteiger partial charge on any atom is -0.323 e. The number of hydrogen-bond donors (Lipinski definition) is 1. The molecule has 1 rings (SSSR count). The first-order valence-electron chi connectivity index (χ1n) is 4.74. The summed E-state index contributed by atoms with van der Waals surface area (Å²) in [6.07, 6.45) is 3.31. The number of hydrogen-bond acceptors (Lipinski definition) is 4. The van der Waals surface area contributed by atoms with Crippen LogP contribution >= 0.6 is 0 Å². The van der Waals surface area contributed by atoms with E-state index in [1.165, 1.54) is 6.26 Å². The molecule has 4 nitrogen and oxygen atoms in total. The van der Waals surface area contributed by atoms with Gasteiger partial charge >= 0.3 is 0 Å². The Hall–Kier alpha value is -0.940. The highest BCUT2D eigenvalue weighted by Crippen LogP contribution is 2.13. The molecule has 0 aromatic carbocycles. The molecule has 0 bridgehead atoms. The van der Waals surface area contributed by atoms with E-state index >= 15 is 0 Å². The lowest BCUT2D eigenvalue weighted by Gasteiger charge is -2.10. The van der Waals surface area contributed by atoms with Gasteiger partial charge in [0.15, 0.2) is 0 Å². The molecule has 84 valence electrons. The maximum absolute atomic E-state index is 11.0. The van der Waals surface area contributed by atoms with Crippen LogP contribution in [0.1, 0.15) is 23.7 Å². The zero-order valence-corrected chi connectivity index (χ0v) is 9.79. The van der Waals surface area contributed by atoms with Crippen LogP contribution in [0, 0.1) is 6.92 Å². The molecular formula is C10H16N2O2S. The molecule has 0 aliphatic carbocycles. The summed E-state index contributed by atoms with van der Waals surface area (Å²) in [6.45, 7) is 1.95. The van der Waals surface area contributed by atoms with Crippen LogP contribution in [0.2, 0.25) is 0 Å². The fourth-order valence-corrected chi connectivity index (χ4v) is 1.93. The molecule has 0 spiro atoms. The summed E-state index contributed by atoms with van der Waals surface area (Å²) in [6, 6.07) is 3.46. The average Bonchev–Trinajstić information content (AvgIpc) is 2.13. The molecular weight excluding hydrogens is 212 g/mol. The molecule has 1 aromatic heterocycles. The Morgan fingerprint density at radius 1 is 1.53 bits per heavy atom. The Kier molecular flexibility index (Phi) is 3.82. The molecule has 0 radical (unpaired) electrons. The lowest BCUT2D eigenvalue weighted by atomic mass is 10.1. The van der Waals surface area contributed by atoms with Crippen LogP contribution in [0.25, 0.3) is 0 Å². The Morgan fingerprint density at radius 3 is 2.73 bits per heavy atom. The third kappa shape index (κ3) is 4.40. The molecule has 0 aliphatic rings. The minimum absolute atomic E-state index is 0.101. The summed E-state index contributed by atoms with van der Waals surface area (Å²) in [5.74, 6) is 0.101. The summed E-state index contributed by atoms with van der Waals surface area (Å²) in [5.41, 5.74) is 7.67. The van der Waals surface area contributed by atoms with Crippen LogP contribution in [0.5, 0.6) is 0 Å². The molecule has 0 fully saturated rings. The SMILES string of the molecule is Cc1ccnc(C(N)CCS(C)(=O)=O)c1. The van der Waals surface area contributed by atoms with Crippen molar-refractivity contribution in [1.82, 2.24) is 4.98 Å². The van der Waals surface area contributed by atoms with Gasteiger partial charge in [-0.1, -0.05) is 0 Å². The second-order valence-corrected chi connectivity index (χ2v) is 6.04. The quantitative estimate of drug-likeness (QED) is 0.828. The van der Waals surface area contributed by atoms with Gasteiger partial charge in [-0.3, -0.25) is 4.98 Å². The van der Waals surface area contributed by atoms with Crippen molar-refractivity contribution < 1.29 is 8.42 Å². The molecule has 0 aliphatic heterocycles.